The molecule has 0 aliphatic carbocycles. The molecule has 2 rings (SSSR count). The minimum Gasteiger partial charge on any atom is -0.477 e. The molecule has 2 aromatic rings. The van der Waals surface area contributed by atoms with Gasteiger partial charge in [-0.2, -0.15) is 0 Å². The number of benzene rings is 1. The molecule has 6 heteroatoms. The zero-order chi connectivity index (χ0) is 20.0. The third-order valence-electron chi connectivity index (χ3n) is 4.08. The lowest BCUT2D eigenvalue weighted by Crippen LogP contribution is -2.11. The quantitative estimate of drug-likeness (QED) is 0.399. The van der Waals surface area contributed by atoms with Crippen molar-refractivity contribution in [1.29, 1.82) is 0 Å². The Morgan fingerprint density at radius 3 is 2.67 bits per heavy atom. The summed E-state index contributed by atoms with van der Waals surface area (Å²) in [6.45, 7) is 10.6. The van der Waals surface area contributed by atoms with E-state index < -0.39 is 5.97 Å². The Morgan fingerprint density at radius 1 is 1.33 bits per heavy atom. The molecule has 0 spiro atoms. The van der Waals surface area contributed by atoms with E-state index in [1.807, 2.05) is 13.1 Å². The lowest BCUT2D eigenvalue weighted by Gasteiger charge is -2.22. The van der Waals surface area contributed by atoms with Gasteiger partial charge in [-0.1, -0.05) is 33.8 Å². The number of hydrogen-bond acceptors (Lipinski definition) is 5. The maximum absolute atomic E-state index is 11.3. The van der Waals surface area contributed by atoms with E-state index in [9.17, 15) is 9.90 Å². The molecule has 27 heavy (non-hydrogen) atoms. The van der Waals surface area contributed by atoms with E-state index in [0.29, 0.717) is 10.6 Å². The SMILES string of the molecule is CC=N/C=C(\CC)c1cc(C(C)(C)C)ccc1SNc1ccsc1C(=O)O. The second-order valence-corrected chi connectivity index (χ2v) is 8.81. The van der Waals surface area contributed by atoms with Gasteiger partial charge in [0.05, 0.1) is 5.69 Å². The summed E-state index contributed by atoms with van der Waals surface area (Å²) in [6, 6.07) is 8.24. The van der Waals surface area contributed by atoms with Crippen LogP contribution in [0.5, 0.6) is 0 Å². The molecular weight excluding hydrogens is 376 g/mol. The minimum atomic E-state index is -0.914. The third kappa shape index (κ3) is 5.47. The molecule has 2 N–H and O–H groups in total. The van der Waals surface area contributed by atoms with Gasteiger partial charge < -0.3 is 9.83 Å². The van der Waals surface area contributed by atoms with Crippen molar-refractivity contribution in [2.45, 2.75) is 51.3 Å². The Labute approximate surface area is 169 Å². The van der Waals surface area contributed by atoms with Crippen molar-refractivity contribution in [2.75, 3.05) is 4.72 Å². The van der Waals surface area contributed by atoms with Crippen LogP contribution in [0.4, 0.5) is 5.69 Å². The Kier molecular flexibility index (Phi) is 7.27. The van der Waals surface area contributed by atoms with E-state index in [1.54, 1.807) is 17.7 Å². The number of anilines is 1. The molecule has 4 nitrogen and oxygen atoms in total. The van der Waals surface area contributed by atoms with E-state index in [0.717, 1.165) is 22.5 Å². The van der Waals surface area contributed by atoms with Crippen molar-refractivity contribution < 1.29 is 9.90 Å². The van der Waals surface area contributed by atoms with Crippen LogP contribution in [0.1, 0.15) is 61.8 Å². The average molecular weight is 403 g/mol. The predicted octanol–water partition coefficient (Wildman–Crippen LogP) is 6.70. The van der Waals surface area contributed by atoms with Crippen molar-refractivity contribution in [2.24, 2.45) is 4.99 Å². The predicted molar refractivity (Wildman–Crippen MR) is 118 cm³/mol. The molecular formula is C21H26N2O2S2. The smallest absolute Gasteiger partial charge is 0.348 e. The number of aromatic carboxylic acids is 1. The number of rotatable bonds is 7. The fourth-order valence-corrected chi connectivity index (χ4v) is 4.10. The van der Waals surface area contributed by atoms with E-state index >= 15 is 0 Å². The summed E-state index contributed by atoms with van der Waals surface area (Å²) in [6.07, 6.45) is 4.54. The number of nitrogens with one attached hydrogen (secondary N) is 1. The number of carbonyl (C=O) groups is 1. The molecule has 0 saturated heterocycles. The largest absolute Gasteiger partial charge is 0.477 e. The molecule has 0 radical (unpaired) electrons. The fraction of sp³-hybridized carbons (Fsp3) is 0.333. The van der Waals surface area contributed by atoms with Crippen molar-refractivity contribution in [3.63, 3.8) is 0 Å². The summed E-state index contributed by atoms with van der Waals surface area (Å²) in [5, 5.41) is 11.1. The highest BCUT2D eigenvalue weighted by molar-refractivity contribution is 8.00. The van der Waals surface area contributed by atoms with Crippen LogP contribution in [-0.2, 0) is 5.41 Å². The van der Waals surface area contributed by atoms with E-state index in [2.05, 4.69) is 55.6 Å². The summed E-state index contributed by atoms with van der Waals surface area (Å²) >= 11 is 2.65. The molecule has 0 aliphatic rings. The second kappa shape index (κ2) is 9.24. The van der Waals surface area contributed by atoms with Gasteiger partial charge >= 0.3 is 5.97 Å². The molecule has 1 heterocycles. The highest BCUT2D eigenvalue weighted by atomic mass is 32.2. The number of carboxylic acid groups (broad SMARTS) is 1. The average Bonchev–Trinajstić information content (AvgIpc) is 3.09. The first-order chi connectivity index (χ1) is 12.8. The van der Waals surface area contributed by atoms with Crippen LogP contribution >= 0.6 is 23.3 Å². The summed E-state index contributed by atoms with van der Waals surface area (Å²) in [5.41, 5.74) is 4.19. The molecule has 0 aliphatic heterocycles. The summed E-state index contributed by atoms with van der Waals surface area (Å²) in [4.78, 5) is 17.0. The minimum absolute atomic E-state index is 0.0437. The number of aliphatic imine (C=N–C) groups is 1. The molecule has 144 valence electrons. The van der Waals surface area contributed by atoms with Gasteiger partial charge in [-0.25, -0.2) is 4.79 Å². The van der Waals surface area contributed by atoms with Gasteiger partial charge in [0.25, 0.3) is 0 Å². The van der Waals surface area contributed by atoms with Crippen LogP contribution in [0.25, 0.3) is 5.57 Å². The standard InChI is InChI=1S/C21H26N2O2S2/c1-6-14(13-22-7-2)16-12-15(21(3,4)5)8-9-18(16)27-23-17-10-11-26-19(17)20(24)25/h7-13,23H,6H2,1-5H3,(H,24,25)/b14-13+,22-7?. The number of thiophene rings is 1. The first-order valence-corrected chi connectivity index (χ1v) is 10.5. The van der Waals surface area contributed by atoms with Crippen molar-refractivity contribution in [3.8, 4) is 0 Å². The molecule has 0 atom stereocenters. The first-order valence-electron chi connectivity index (χ1n) is 8.83. The normalized spacial score (nSPS) is 12.6. The van der Waals surface area contributed by atoms with E-state index in [-0.39, 0.29) is 5.41 Å². The molecule has 0 amide bonds. The number of allylic oxidation sites excluding steroid dienone is 1. The van der Waals surface area contributed by atoms with Crippen LogP contribution in [0.15, 0.2) is 45.7 Å². The Morgan fingerprint density at radius 2 is 2.07 bits per heavy atom. The van der Waals surface area contributed by atoms with Crippen LogP contribution in [0, 0.1) is 0 Å². The monoisotopic (exact) mass is 402 g/mol. The van der Waals surface area contributed by atoms with Gasteiger partial charge in [-0.15, -0.1) is 11.3 Å². The van der Waals surface area contributed by atoms with Crippen molar-refractivity contribution in [1.82, 2.24) is 0 Å². The Bertz CT molecular complexity index is 861. The molecule has 1 aromatic heterocycles. The summed E-state index contributed by atoms with van der Waals surface area (Å²) in [7, 11) is 0. The number of carboxylic acids is 1. The van der Waals surface area contributed by atoms with Gasteiger partial charge in [-0.05, 0) is 71.0 Å². The van der Waals surface area contributed by atoms with Crippen LogP contribution < -0.4 is 4.72 Å². The molecule has 1 aromatic carbocycles. The van der Waals surface area contributed by atoms with Gasteiger partial charge in [-0.3, -0.25) is 4.99 Å². The van der Waals surface area contributed by atoms with E-state index in [4.69, 9.17) is 0 Å². The Hall–Kier alpha value is -2.05. The van der Waals surface area contributed by atoms with Crippen LogP contribution in [0.2, 0.25) is 0 Å². The second-order valence-electron chi connectivity index (χ2n) is 7.05. The Balaban J connectivity index is 2.42. The highest BCUT2D eigenvalue weighted by Crippen LogP contribution is 2.36. The van der Waals surface area contributed by atoms with Gasteiger partial charge in [0.15, 0.2) is 0 Å². The number of nitrogens with zero attached hydrogens (tertiary/aromatic N) is 1. The zero-order valence-corrected chi connectivity index (χ0v) is 18.0. The maximum Gasteiger partial charge on any atom is 0.348 e. The molecule has 0 bridgehead atoms. The number of hydrogen-bond donors (Lipinski definition) is 2. The molecule has 0 unspecified atom stereocenters. The summed E-state index contributed by atoms with van der Waals surface area (Å²) < 4.78 is 3.21. The van der Waals surface area contributed by atoms with Crippen LogP contribution in [-0.4, -0.2) is 17.3 Å². The van der Waals surface area contributed by atoms with Crippen molar-refractivity contribution >= 4 is 46.7 Å². The topological polar surface area (TPSA) is 61.7 Å². The third-order valence-corrected chi connectivity index (χ3v) is 5.88. The molecule has 0 saturated carbocycles. The lowest BCUT2D eigenvalue weighted by molar-refractivity contribution is 0.0703. The van der Waals surface area contributed by atoms with Crippen molar-refractivity contribution in [3.05, 3.63) is 51.8 Å². The van der Waals surface area contributed by atoms with Gasteiger partial charge in [0, 0.05) is 17.3 Å². The lowest BCUT2D eigenvalue weighted by atomic mass is 9.85. The molecule has 0 fully saturated rings. The fourth-order valence-electron chi connectivity index (χ4n) is 2.52. The van der Waals surface area contributed by atoms with Crippen LogP contribution in [0.3, 0.4) is 0 Å². The maximum atomic E-state index is 11.3. The summed E-state index contributed by atoms with van der Waals surface area (Å²) in [5.74, 6) is -0.914. The first kappa shape index (κ1) is 21.3. The highest BCUT2D eigenvalue weighted by Gasteiger charge is 2.18. The van der Waals surface area contributed by atoms with Gasteiger partial charge in [0.2, 0.25) is 0 Å². The van der Waals surface area contributed by atoms with E-state index in [1.165, 1.54) is 28.8 Å². The van der Waals surface area contributed by atoms with Gasteiger partial charge in [0.1, 0.15) is 4.88 Å². The zero-order valence-electron chi connectivity index (χ0n) is 16.4.